The molecule has 0 spiro atoms. The minimum atomic E-state index is -1.05. The summed E-state index contributed by atoms with van der Waals surface area (Å²) in [6.45, 7) is 1.17. The minimum absolute atomic E-state index is 0. The Bertz CT molecular complexity index is 181. The lowest BCUT2D eigenvalue weighted by Gasteiger charge is -2.34. The first kappa shape index (κ1) is 12.6. The molecule has 1 aliphatic heterocycles. The van der Waals surface area contributed by atoms with E-state index in [1.807, 2.05) is 0 Å². The number of carbonyl (C=O) groups is 1. The van der Waals surface area contributed by atoms with Gasteiger partial charge in [-0.05, 0) is 12.8 Å². The molecule has 6 heteroatoms. The molecule has 0 aromatic rings. The van der Waals surface area contributed by atoms with Crippen molar-refractivity contribution in [1.29, 1.82) is 0 Å². The molecule has 0 amide bonds. The highest BCUT2D eigenvalue weighted by atomic mass is 35.5. The highest BCUT2D eigenvalue weighted by molar-refractivity contribution is 5.85. The average molecular weight is 211 g/mol. The number of hydrogen-bond acceptors (Lipinski definition) is 4. The molecule has 1 heterocycles. The minimum Gasteiger partial charge on any atom is -0.480 e. The van der Waals surface area contributed by atoms with Gasteiger partial charge in [-0.3, -0.25) is 4.79 Å². The molecule has 0 bridgehead atoms. The molecular weight excluding hydrogens is 196 g/mol. The van der Waals surface area contributed by atoms with Gasteiger partial charge < -0.3 is 15.7 Å². The van der Waals surface area contributed by atoms with Gasteiger partial charge in [0, 0.05) is 13.1 Å². The van der Waals surface area contributed by atoms with Gasteiger partial charge in [-0.1, -0.05) is 0 Å². The zero-order chi connectivity index (χ0) is 9.19. The quantitative estimate of drug-likeness (QED) is 0.663. The van der Waals surface area contributed by atoms with Crippen molar-refractivity contribution in [2.45, 2.75) is 18.4 Å². The third-order valence-electron chi connectivity index (χ3n) is 2.30. The van der Waals surface area contributed by atoms with Crippen molar-refractivity contribution in [2.75, 3.05) is 20.2 Å². The number of halogens is 1. The van der Waals surface area contributed by atoms with E-state index in [0.717, 1.165) is 0 Å². The summed E-state index contributed by atoms with van der Waals surface area (Å²) in [5.41, 5.74) is 4.59. The number of piperidine rings is 1. The van der Waals surface area contributed by atoms with Crippen LogP contribution in [0.25, 0.3) is 0 Å². The highest BCUT2D eigenvalue weighted by Crippen LogP contribution is 2.19. The SMILES string of the molecule is CON1CCC(N)(C(=O)O)CC1.Cl. The maximum atomic E-state index is 10.7. The second-order valence-electron chi connectivity index (χ2n) is 3.07. The molecule has 1 aliphatic rings. The van der Waals surface area contributed by atoms with Crippen molar-refractivity contribution in [3.05, 3.63) is 0 Å². The summed E-state index contributed by atoms with van der Waals surface area (Å²) in [7, 11) is 1.57. The van der Waals surface area contributed by atoms with E-state index < -0.39 is 11.5 Å². The van der Waals surface area contributed by atoms with Crippen molar-refractivity contribution in [1.82, 2.24) is 5.06 Å². The van der Waals surface area contributed by atoms with Crippen LogP contribution in [0.3, 0.4) is 0 Å². The molecule has 1 saturated heterocycles. The van der Waals surface area contributed by atoms with Crippen LogP contribution in [-0.2, 0) is 9.63 Å². The Morgan fingerprint density at radius 1 is 1.54 bits per heavy atom. The van der Waals surface area contributed by atoms with E-state index in [9.17, 15) is 4.79 Å². The summed E-state index contributed by atoms with van der Waals surface area (Å²) < 4.78 is 0. The summed E-state index contributed by atoms with van der Waals surface area (Å²) in [4.78, 5) is 15.6. The second-order valence-corrected chi connectivity index (χ2v) is 3.07. The Morgan fingerprint density at radius 3 is 2.31 bits per heavy atom. The number of aliphatic carboxylic acids is 1. The second kappa shape index (κ2) is 4.76. The lowest BCUT2D eigenvalue weighted by Crippen LogP contribution is -2.55. The lowest BCUT2D eigenvalue weighted by atomic mass is 9.90. The number of carboxylic acids is 1. The Balaban J connectivity index is 0.00000144. The Hall–Kier alpha value is -0.360. The van der Waals surface area contributed by atoms with Crippen LogP contribution in [-0.4, -0.2) is 41.9 Å². The fraction of sp³-hybridized carbons (Fsp3) is 0.857. The predicted octanol–water partition coefficient (Wildman–Crippen LogP) is -0.153. The fourth-order valence-electron chi connectivity index (χ4n) is 1.28. The monoisotopic (exact) mass is 210 g/mol. The van der Waals surface area contributed by atoms with Crippen LogP contribution in [0.5, 0.6) is 0 Å². The van der Waals surface area contributed by atoms with Gasteiger partial charge in [0.25, 0.3) is 0 Å². The van der Waals surface area contributed by atoms with Crippen molar-refractivity contribution in [3.8, 4) is 0 Å². The normalized spacial score (nSPS) is 22.0. The number of rotatable bonds is 2. The van der Waals surface area contributed by atoms with E-state index in [2.05, 4.69) is 0 Å². The van der Waals surface area contributed by atoms with Gasteiger partial charge in [0.1, 0.15) is 5.54 Å². The maximum absolute atomic E-state index is 10.7. The van der Waals surface area contributed by atoms with Crippen molar-refractivity contribution < 1.29 is 14.7 Å². The molecule has 3 N–H and O–H groups in total. The summed E-state index contributed by atoms with van der Waals surface area (Å²) in [6.07, 6.45) is 0.881. The molecule has 0 saturated carbocycles. The molecule has 13 heavy (non-hydrogen) atoms. The van der Waals surface area contributed by atoms with E-state index in [4.69, 9.17) is 15.7 Å². The van der Waals surface area contributed by atoms with Crippen molar-refractivity contribution in [3.63, 3.8) is 0 Å². The van der Waals surface area contributed by atoms with E-state index >= 15 is 0 Å². The van der Waals surface area contributed by atoms with E-state index in [1.165, 1.54) is 0 Å². The molecular formula is C7H15ClN2O3. The van der Waals surface area contributed by atoms with Gasteiger partial charge in [0.15, 0.2) is 0 Å². The van der Waals surface area contributed by atoms with Gasteiger partial charge in [0.2, 0.25) is 0 Å². The molecule has 0 unspecified atom stereocenters. The molecule has 78 valence electrons. The van der Waals surface area contributed by atoms with Gasteiger partial charge in [-0.25, -0.2) is 0 Å². The first-order chi connectivity index (χ1) is 5.58. The molecule has 0 aromatic heterocycles. The topological polar surface area (TPSA) is 75.8 Å². The van der Waals surface area contributed by atoms with Crippen LogP contribution in [0.4, 0.5) is 0 Å². The maximum Gasteiger partial charge on any atom is 0.323 e. The summed E-state index contributed by atoms with van der Waals surface area (Å²) >= 11 is 0. The predicted molar refractivity (Wildman–Crippen MR) is 49.6 cm³/mol. The molecule has 0 aliphatic carbocycles. The van der Waals surface area contributed by atoms with Crippen LogP contribution < -0.4 is 5.73 Å². The standard InChI is InChI=1S/C7H14N2O3.ClH/c1-12-9-4-2-7(8,3-5-9)6(10)11;/h2-5,8H2,1H3,(H,10,11);1H. The van der Waals surface area contributed by atoms with Gasteiger partial charge in [-0.15, -0.1) is 12.4 Å². The van der Waals surface area contributed by atoms with Gasteiger partial charge in [0.05, 0.1) is 7.11 Å². The van der Waals surface area contributed by atoms with Gasteiger partial charge in [-0.2, -0.15) is 5.06 Å². The number of hydrogen-bond donors (Lipinski definition) is 2. The van der Waals surface area contributed by atoms with E-state index in [-0.39, 0.29) is 12.4 Å². The largest absolute Gasteiger partial charge is 0.480 e. The molecule has 1 fully saturated rings. The van der Waals surface area contributed by atoms with Gasteiger partial charge >= 0.3 is 5.97 Å². The smallest absolute Gasteiger partial charge is 0.323 e. The highest BCUT2D eigenvalue weighted by Gasteiger charge is 2.37. The Labute approximate surface area is 83.2 Å². The summed E-state index contributed by atoms with van der Waals surface area (Å²) in [5, 5.41) is 10.5. The summed E-state index contributed by atoms with van der Waals surface area (Å²) in [5.74, 6) is -0.918. The number of hydroxylamine groups is 2. The van der Waals surface area contributed by atoms with Crippen LogP contribution in [0.2, 0.25) is 0 Å². The third kappa shape index (κ3) is 2.80. The molecule has 0 radical (unpaired) electrons. The fourth-order valence-corrected chi connectivity index (χ4v) is 1.28. The molecule has 1 rings (SSSR count). The Kier molecular flexibility index (Phi) is 4.63. The number of nitrogens with zero attached hydrogens (tertiary/aromatic N) is 1. The van der Waals surface area contributed by atoms with Crippen LogP contribution >= 0.6 is 12.4 Å². The first-order valence-corrected chi connectivity index (χ1v) is 3.90. The number of carboxylic acid groups (broad SMARTS) is 1. The van der Waals surface area contributed by atoms with Crippen LogP contribution in [0.1, 0.15) is 12.8 Å². The van der Waals surface area contributed by atoms with E-state index in [1.54, 1.807) is 12.2 Å². The average Bonchev–Trinajstić information content (AvgIpc) is 2.06. The van der Waals surface area contributed by atoms with Crippen molar-refractivity contribution in [2.24, 2.45) is 5.73 Å². The zero-order valence-electron chi connectivity index (χ0n) is 7.52. The third-order valence-corrected chi connectivity index (χ3v) is 2.30. The Morgan fingerprint density at radius 2 is 2.00 bits per heavy atom. The summed E-state index contributed by atoms with van der Waals surface area (Å²) in [6, 6.07) is 0. The molecule has 5 nitrogen and oxygen atoms in total. The number of nitrogens with two attached hydrogens (primary N) is 1. The van der Waals surface area contributed by atoms with Crippen molar-refractivity contribution >= 4 is 18.4 Å². The lowest BCUT2D eigenvalue weighted by molar-refractivity contribution is -0.164. The molecule has 0 aromatic carbocycles. The van der Waals surface area contributed by atoms with Crippen LogP contribution in [0.15, 0.2) is 0 Å². The zero-order valence-corrected chi connectivity index (χ0v) is 8.34. The van der Waals surface area contributed by atoms with E-state index in [0.29, 0.717) is 25.9 Å². The van der Waals surface area contributed by atoms with Crippen LogP contribution in [0, 0.1) is 0 Å². The molecule has 0 atom stereocenters. The first-order valence-electron chi connectivity index (χ1n) is 3.90.